The van der Waals surface area contributed by atoms with Gasteiger partial charge < -0.3 is 5.32 Å². The Kier molecular flexibility index (Phi) is 5.45. The van der Waals surface area contributed by atoms with E-state index in [4.69, 9.17) is 11.6 Å². The molecule has 0 saturated carbocycles. The first-order chi connectivity index (χ1) is 12.0. The van der Waals surface area contributed by atoms with Crippen LogP contribution >= 0.6 is 22.9 Å². The summed E-state index contributed by atoms with van der Waals surface area (Å²) in [5, 5.41) is 4.54. The van der Waals surface area contributed by atoms with Crippen molar-refractivity contribution < 1.29 is 4.79 Å². The van der Waals surface area contributed by atoms with Gasteiger partial charge >= 0.3 is 0 Å². The maximum atomic E-state index is 12.6. The molecule has 1 atom stereocenters. The molecule has 0 fully saturated rings. The van der Waals surface area contributed by atoms with Gasteiger partial charge in [0.25, 0.3) is 5.91 Å². The van der Waals surface area contributed by atoms with E-state index in [9.17, 15) is 4.79 Å². The van der Waals surface area contributed by atoms with E-state index in [2.05, 4.69) is 43.4 Å². The molecule has 1 heterocycles. The summed E-state index contributed by atoms with van der Waals surface area (Å²) in [5.74, 6) is 0.517. The first-order valence-electron chi connectivity index (χ1n) is 8.52. The third kappa shape index (κ3) is 4.05. The van der Waals surface area contributed by atoms with Gasteiger partial charge in [-0.15, -0.1) is 11.3 Å². The molecule has 2 nitrogen and oxygen atoms in total. The van der Waals surface area contributed by atoms with E-state index < -0.39 is 0 Å². The molecule has 0 radical (unpaired) electrons. The summed E-state index contributed by atoms with van der Waals surface area (Å²) < 4.78 is 1.03. The van der Waals surface area contributed by atoms with E-state index in [0.717, 1.165) is 22.1 Å². The van der Waals surface area contributed by atoms with Crippen molar-refractivity contribution in [3.8, 4) is 0 Å². The SMILES string of the molecule is CC(C)Cc1ccc([C@H](C)NC(=O)c2sc3ccccc3c2Cl)cc1. The summed E-state index contributed by atoms with van der Waals surface area (Å²) >= 11 is 7.83. The minimum absolute atomic E-state index is 0.0677. The van der Waals surface area contributed by atoms with Crippen LogP contribution in [0.3, 0.4) is 0 Å². The predicted molar refractivity (Wildman–Crippen MR) is 108 cm³/mol. The second kappa shape index (κ2) is 7.59. The van der Waals surface area contributed by atoms with Gasteiger partial charge in [0.05, 0.1) is 11.1 Å². The maximum absolute atomic E-state index is 12.6. The lowest BCUT2D eigenvalue weighted by molar-refractivity contribution is 0.0944. The van der Waals surface area contributed by atoms with E-state index in [1.165, 1.54) is 16.9 Å². The molecule has 0 spiro atoms. The first kappa shape index (κ1) is 18.0. The van der Waals surface area contributed by atoms with Gasteiger partial charge in [-0.3, -0.25) is 4.79 Å². The zero-order valence-corrected chi connectivity index (χ0v) is 16.2. The summed E-state index contributed by atoms with van der Waals surface area (Å²) in [7, 11) is 0. The number of fused-ring (bicyclic) bond motifs is 1. The first-order valence-corrected chi connectivity index (χ1v) is 9.72. The molecule has 1 aromatic heterocycles. The molecule has 3 rings (SSSR count). The second-order valence-electron chi connectivity index (χ2n) is 6.78. The molecule has 25 heavy (non-hydrogen) atoms. The highest BCUT2D eigenvalue weighted by atomic mass is 35.5. The molecule has 0 aliphatic heterocycles. The Labute approximate surface area is 157 Å². The van der Waals surface area contributed by atoms with Crippen LogP contribution in [0, 0.1) is 5.92 Å². The summed E-state index contributed by atoms with van der Waals surface area (Å²) in [6.07, 6.45) is 1.07. The lowest BCUT2D eigenvalue weighted by Crippen LogP contribution is -2.26. The molecule has 1 amide bonds. The average Bonchev–Trinajstić information content (AvgIpc) is 2.92. The van der Waals surface area contributed by atoms with E-state index >= 15 is 0 Å². The van der Waals surface area contributed by atoms with Crippen LogP contribution in [0.15, 0.2) is 48.5 Å². The van der Waals surface area contributed by atoms with Crippen LogP contribution < -0.4 is 5.32 Å². The number of amides is 1. The summed E-state index contributed by atoms with van der Waals surface area (Å²) in [5.41, 5.74) is 2.42. The van der Waals surface area contributed by atoms with Crippen LogP contribution in [0.1, 0.15) is 47.6 Å². The standard InChI is InChI=1S/C21H22ClNOS/c1-13(2)12-15-8-10-16(11-9-15)14(3)23-21(24)20-19(22)17-6-4-5-7-18(17)25-20/h4-11,13-14H,12H2,1-3H3,(H,23,24)/t14-/m0/s1. The smallest absolute Gasteiger partial charge is 0.263 e. The number of halogens is 1. The second-order valence-corrected chi connectivity index (χ2v) is 8.21. The highest BCUT2D eigenvalue weighted by Crippen LogP contribution is 2.35. The molecular weight excluding hydrogens is 350 g/mol. The van der Waals surface area contributed by atoms with Gasteiger partial charge in [-0.2, -0.15) is 0 Å². The van der Waals surface area contributed by atoms with Gasteiger partial charge in [-0.1, -0.05) is 67.9 Å². The van der Waals surface area contributed by atoms with Crippen LogP contribution in [-0.4, -0.2) is 5.91 Å². The van der Waals surface area contributed by atoms with Crippen molar-refractivity contribution in [1.82, 2.24) is 5.32 Å². The fourth-order valence-corrected chi connectivity index (χ4v) is 4.34. The lowest BCUT2D eigenvalue weighted by Gasteiger charge is -2.15. The van der Waals surface area contributed by atoms with Gasteiger partial charge in [0, 0.05) is 10.1 Å². The van der Waals surface area contributed by atoms with Crippen LogP contribution in [0.5, 0.6) is 0 Å². The molecule has 0 saturated heterocycles. The molecule has 4 heteroatoms. The van der Waals surface area contributed by atoms with Gasteiger partial charge in [-0.25, -0.2) is 0 Å². The molecule has 130 valence electrons. The fraction of sp³-hybridized carbons (Fsp3) is 0.286. The average molecular weight is 372 g/mol. The van der Waals surface area contributed by atoms with Crippen molar-refractivity contribution in [3.63, 3.8) is 0 Å². The highest BCUT2D eigenvalue weighted by molar-refractivity contribution is 7.21. The van der Waals surface area contributed by atoms with E-state index in [0.29, 0.717) is 15.8 Å². The van der Waals surface area contributed by atoms with Crippen LogP contribution in [0.4, 0.5) is 0 Å². The van der Waals surface area contributed by atoms with E-state index in [1.807, 2.05) is 31.2 Å². The van der Waals surface area contributed by atoms with Crippen LogP contribution in [0.2, 0.25) is 5.02 Å². The van der Waals surface area contributed by atoms with Gasteiger partial charge in [-0.05, 0) is 36.5 Å². The maximum Gasteiger partial charge on any atom is 0.263 e. The van der Waals surface area contributed by atoms with Crippen molar-refractivity contribution in [3.05, 3.63) is 69.6 Å². The Morgan fingerprint density at radius 1 is 1.08 bits per heavy atom. The summed E-state index contributed by atoms with van der Waals surface area (Å²) in [6, 6.07) is 16.2. The summed E-state index contributed by atoms with van der Waals surface area (Å²) in [6.45, 7) is 6.42. The fourth-order valence-electron chi connectivity index (χ4n) is 2.92. The molecule has 1 N–H and O–H groups in total. The number of hydrogen-bond donors (Lipinski definition) is 1. The normalized spacial score (nSPS) is 12.5. The summed E-state index contributed by atoms with van der Waals surface area (Å²) in [4.78, 5) is 13.2. The zero-order chi connectivity index (χ0) is 18.0. The largest absolute Gasteiger partial charge is 0.345 e. The van der Waals surface area contributed by atoms with Gasteiger partial charge in [0.2, 0.25) is 0 Å². The number of carbonyl (C=O) groups excluding carboxylic acids is 1. The quantitative estimate of drug-likeness (QED) is 0.564. The third-order valence-corrected chi connectivity index (χ3v) is 5.89. The van der Waals surface area contributed by atoms with Crippen molar-refractivity contribution in [2.24, 2.45) is 5.92 Å². The molecule has 2 aromatic carbocycles. The highest BCUT2D eigenvalue weighted by Gasteiger charge is 2.19. The molecular formula is C21H22ClNOS. The van der Waals surface area contributed by atoms with E-state index in [1.54, 1.807) is 0 Å². The van der Waals surface area contributed by atoms with Crippen LogP contribution in [0.25, 0.3) is 10.1 Å². The van der Waals surface area contributed by atoms with Crippen molar-refractivity contribution in [2.45, 2.75) is 33.2 Å². The minimum Gasteiger partial charge on any atom is -0.345 e. The van der Waals surface area contributed by atoms with Crippen molar-refractivity contribution >= 4 is 38.9 Å². The Hall–Kier alpha value is -1.84. The molecule has 0 bridgehead atoms. The van der Waals surface area contributed by atoms with E-state index in [-0.39, 0.29) is 11.9 Å². The predicted octanol–water partition coefficient (Wildman–Crippen LogP) is 6.24. The lowest BCUT2D eigenvalue weighted by atomic mass is 10.00. The number of thiophene rings is 1. The molecule has 0 unspecified atom stereocenters. The zero-order valence-electron chi connectivity index (χ0n) is 14.7. The number of carbonyl (C=O) groups is 1. The Morgan fingerprint density at radius 3 is 2.40 bits per heavy atom. The molecule has 3 aromatic rings. The molecule has 0 aliphatic carbocycles. The minimum atomic E-state index is -0.120. The number of nitrogens with one attached hydrogen (secondary N) is 1. The monoisotopic (exact) mass is 371 g/mol. The van der Waals surface area contributed by atoms with Gasteiger partial charge in [0.1, 0.15) is 4.88 Å². The van der Waals surface area contributed by atoms with Gasteiger partial charge in [0.15, 0.2) is 0 Å². The van der Waals surface area contributed by atoms with Crippen molar-refractivity contribution in [1.29, 1.82) is 0 Å². The molecule has 0 aliphatic rings. The number of hydrogen-bond acceptors (Lipinski definition) is 2. The van der Waals surface area contributed by atoms with Crippen molar-refractivity contribution in [2.75, 3.05) is 0 Å². The Morgan fingerprint density at radius 2 is 1.76 bits per heavy atom. The third-order valence-electron chi connectivity index (χ3n) is 4.21. The number of rotatable bonds is 5. The Bertz CT molecular complexity index is 883. The Balaban J connectivity index is 1.74. The van der Waals surface area contributed by atoms with Crippen LogP contribution in [-0.2, 0) is 6.42 Å². The number of benzene rings is 2. The topological polar surface area (TPSA) is 29.1 Å².